The zero-order chi connectivity index (χ0) is 11.1. The normalized spacial score (nSPS) is 14.3. The molecule has 1 N–H and O–H groups in total. The maximum atomic E-state index is 4.95. The molecule has 3 nitrogen and oxygen atoms in total. The third-order valence-corrected chi connectivity index (χ3v) is 2.15. The lowest BCUT2D eigenvalue weighted by Gasteiger charge is -2.08. The number of hydrogen-bond acceptors (Lipinski definition) is 3. The van der Waals surface area contributed by atoms with Crippen molar-refractivity contribution >= 4 is 0 Å². The van der Waals surface area contributed by atoms with E-state index in [0.29, 0.717) is 0 Å². The predicted octanol–water partition coefficient (Wildman–Crippen LogP) is 0.967. The maximum Gasteiger partial charge on any atom is 0.205 e. The topological polar surface area (TPSA) is 24.5 Å². The molecule has 0 unspecified atom stereocenters. The molecule has 82 valence electrons. The summed E-state index contributed by atoms with van der Waals surface area (Å²) < 4.78 is 4.95. The number of likely N-dealkylation sites (N-methyl/N-ethyl adjacent to an activating group) is 1. The Morgan fingerprint density at radius 2 is 2.20 bits per heavy atom. The van der Waals surface area contributed by atoms with Crippen LogP contribution < -0.4 is 5.32 Å². The van der Waals surface area contributed by atoms with Crippen molar-refractivity contribution in [2.45, 2.75) is 0 Å². The second kappa shape index (κ2) is 6.36. The second-order valence-corrected chi connectivity index (χ2v) is 3.65. The van der Waals surface area contributed by atoms with Gasteiger partial charge in [0.25, 0.3) is 0 Å². The number of methoxy groups -OCH3 is 1. The predicted molar refractivity (Wildman–Crippen MR) is 62.4 cm³/mol. The lowest BCUT2D eigenvalue weighted by molar-refractivity contribution is 0.200. The lowest BCUT2D eigenvalue weighted by atomic mass is 10.1. The molecular weight excluding hydrogens is 188 g/mol. The van der Waals surface area contributed by atoms with Gasteiger partial charge in [-0.25, -0.2) is 0 Å². The van der Waals surface area contributed by atoms with Crippen LogP contribution in [0.25, 0.3) is 0 Å². The zero-order valence-corrected chi connectivity index (χ0v) is 9.71. The summed E-state index contributed by atoms with van der Waals surface area (Å²) in [5, 5.41) is 3.29. The van der Waals surface area contributed by atoms with Crippen molar-refractivity contribution in [3.05, 3.63) is 35.6 Å². The van der Waals surface area contributed by atoms with E-state index in [9.17, 15) is 0 Å². The molecular formula is C12H19N2O+. The summed E-state index contributed by atoms with van der Waals surface area (Å²) in [7, 11) is 5.74. The average molecular weight is 207 g/mol. The van der Waals surface area contributed by atoms with E-state index >= 15 is 0 Å². The van der Waals surface area contributed by atoms with Crippen LogP contribution in [-0.4, -0.2) is 45.8 Å². The van der Waals surface area contributed by atoms with E-state index in [-0.39, 0.29) is 0 Å². The van der Waals surface area contributed by atoms with Gasteiger partial charge in [0.05, 0.1) is 37.0 Å². The quantitative estimate of drug-likeness (QED) is 0.519. The van der Waals surface area contributed by atoms with Crippen molar-refractivity contribution in [2.75, 3.05) is 40.9 Å². The van der Waals surface area contributed by atoms with E-state index in [1.165, 1.54) is 5.57 Å². The molecule has 15 heavy (non-hydrogen) atoms. The van der Waals surface area contributed by atoms with E-state index in [0.717, 1.165) is 25.4 Å². The first-order valence-corrected chi connectivity index (χ1v) is 5.11. The summed E-state index contributed by atoms with van der Waals surface area (Å²) in [6.07, 6.45) is 9.45. The summed E-state index contributed by atoms with van der Waals surface area (Å²) in [6, 6.07) is 0. The molecule has 0 heterocycles. The zero-order valence-electron chi connectivity index (χ0n) is 9.71. The van der Waals surface area contributed by atoms with Gasteiger partial charge in [0.15, 0.2) is 0 Å². The molecule has 0 aromatic rings. The fourth-order valence-electron chi connectivity index (χ4n) is 1.24. The Morgan fingerprint density at radius 1 is 1.40 bits per heavy atom. The molecule has 0 fully saturated rings. The van der Waals surface area contributed by atoms with Crippen LogP contribution >= 0.6 is 0 Å². The van der Waals surface area contributed by atoms with Gasteiger partial charge >= 0.3 is 0 Å². The Balaban J connectivity index is 2.32. The SMILES string of the molecule is COCCNCC1=C[C+]=C(N(C)C)C=C1. The highest BCUT2D eigenvalue weighted by Crippen LogP contribution is 2.09. The van der Waals surface area contributed by atoms with Crippen LogP contribution in [0, 0.1) is 6.08 Å². The average Bonchev–Trinajstić information content (AvgIpc) is 2.25. The van der Waals surface area contributed by atoms with Crippen molar-refractivity contribution in [2.24, 2.45) is 0 Å². The fourth-order valence-corrected chi connectivity index (χ4v) is 1.24. The van der Waals surface area contributed by atoms with Crippen LogP contribution in [0.2, 0.25) is 0 Å². The Bertz CT molecular complexity index is 277. The van der Waals surface area contributed by atoms with Gasteiger partial charge in [0.2, 0.25) is 5.70 Å². The highest BCUT2D eigenvalue weighted by atomic mass is 16.5. The van der Waals surface area contributed by atoms with Gasteiger partial charge in [-0.3, -0.25) is 5.32 Å². The molecule has 0 radical (unpaired) electrons. The highest BCUT2D eigenvalue weighted by molar-refractivity contribution is 5.35. The molecule has 3 heteroatoms. The van der Waals surface area contributed by atoms with Crippen molar-refractivity contribution in [3.63, 3.8) is 0 Å². The monoisotopic (exact) mass is 207 g/mol. The molecule has 0 atom stereocenters. The molecule has 1 aliphatic rings. The molecule has 0 saturated heterocycles. The van der Waals surface area contributed by atoms with Gasteiger partial charge in [0, 0.05) is 27.7 Å². The Morgan fingerprint density at radius 3 is 2.73 bits per heavy atom. The minimum atomic E-state index is 0.749. The number of nitrogens with zero attached hydrogens (tertiary/aromatic N) is 1. The molecule has 0 aromatic carbocycles. The van der Waals surface area contributed by atoms with Gasteiger partial charge in [-0.05, 0) is 0 Å². The third-order valence-electron chi connectivity index (χ3n) is 2.15. The number of rotatable bonds is 6. The first kappa shape index (κ1) is 11.9. The smallest absolute Gasteiger partial charge is 0.205 e. The first-order chi connectivity index (χ1) is 7.24. The summed E-state index contributed by atoms with van der Waals surface area (Å²) in [4.78, 5) is 2.04. The molecule has 0 saturated carbocycles. The largest absolute Gasteiger partial charge is 0.383 e. The molecule has 0 aromatic heterocycles. The Labute approximate surface area is 92.1 Å². The minimum Gasteiger partial charge on any atom is -0.383 e. The van der Waals surface area contributed by atoms with Gasteiger partial charge in [-0.1, -0.05) is 0 Å². The van der Waals surface area contributed by atoms with Crippen molar-refractivity contribution < 1.29 is 4.74 Å². The third kappa shape index (κ3) is 4.26. The van der Waals surface area contributed by atoms with Crippen LogP contribution in [0.5, 0.6) is 0 Å². The molecule has 0 spiro atoms. The Kier molecular flexibility index (Phi) is 5.05. The number of hydrogen-bond donors (Lipinski definition) is 1. The van der Waals surface area contributed by atoms with E-state index in [1.54, 1.807) is 7.11 Å². The standard InChI is InChI=1S/C12H19N2O/c1-14(2)12-6-4-11(5-7-12)10-13-8-9-15-3/h4-6,13H,8-10H2,1-3H3/q+1. The van der Waals surface area contributed by atoms with Crippen LogP contribution in [0.1, 0.15) is 0 Å². The molecule has 1 rings (SSSR count). The minimum absolute atomic E-state index is 0.749. The summed E-state index contributed by atoms with van der Waals surface area (Å²) >= 11 is 0. The lowest BCUT2D eigenvalue weighted by Crippen LogP contribution is -2.21. The number of nitrogens with one attached hydrogen (secondary N) is 1. The number of ether oxygens (including phenoxy) is 1. The Hall–Kier alpha value is -1.15. The van der Waals surface area contributed by atoms with Crippen LogP contribution in [-0.2, 0) is 4.74 Å². The van der Waals surface area contributed by atoms with E-state index in [2.05, 4.69) is 23.5 Å². The molecule has 1 aliphatic carbocycles. The molecule has 0 amide bonds. The van der Waals surface area contributed by atoms with E-state index in [4.69, 9.17) is 4.74 Å². The van der Waals surface area contributed by atoms with Crippen molar-refractivity contribution in [1.82, 2.24) is 10.2 Å². The van der Waals surface area contributed by atoms with Gasteiger partial charge < -0.3 is 9.64 Å². The summed E-state index contributed by atoms with van der Waals surface area (Å²) in [5.74, 6) is 0. The fraction of sp³-hybridized carbons (Fsp3) is 0.500. The maximum absolute atomic E-state index is 4.95. The van der Waals surface area contributed by atoms with Gasteiger partial charge in [-0.2, -0.15) is 0 Å². The van der Waals surface area contributed by atoms with E-state index < -0.39 is 0 Å². The molecule has 0 aliphatic heterocycles. The van der Waals surface area contributed by atoms with Gasteiger partial charge in [0.1, 0.15) is 6.08 Å². The van der Waals surface area contributed by atoms with Crippen LogP contribution in [0.4, 0.5) is 0 Å². The first-order valence-electron chi connectivity index (χ1n) is 5.11. The van der Waals surface area contributed by atoms with Crippen molar-refractivity contribution in [3.8, 4) is 0 Å². The highest BCUT2D eigenvalue weighted by Gasteiger charge is 2.10. The van der Waals surface area contributed by atoms with Crippen LogP contribution in [0.15, 0.2) is 29.5 Å². The van der Waals surface area contributed by atoms with Gasteiger partial charge in [-0.15, -0.1) is 0 Å². The summed E-state index contributed by atoms with van der Waals surface area (Å²) in [5.41, 5.74) is 2.35. The van der Waals surface area contributed by atoms with Crippen LogP contribution in [0.3, 0.4) is 0 Å². The summed E-state index contributed by atoms with van der Waals surface area (Å²) in [6.45, 7) is 2.50. The molecule has 0 bridgehead atoms. The number of allylic oxidation sites excluding steroid dienone is 3. The van der Waals surface area contributed by atoms with E-state index in [1.807, 2.05) is 25.1 Å². The van der Waals surface area contributed by atoms with Crippen molar-refractivity contribution in [1.29, 1.82) is 0 Å². The second-order valence-electron chi connectivity index (χ2n) is 3.65.